The number of hydrazine groups is 2. The number of fused-ring (bicyclic) bond motifs is 1. The van der Waals surface area contributed by atoms with E-state index in [0.29, 0.717) is 5.12 Å². The Labute approximate surface area is 97.3 Å². The average molecular weight is 259 g/mol. The zero-order valence-electron chi connectivity index (χ0n) is 8.69. The van der Waals surface area contributed by atoms with Gasteiger partial charge in [-0.1, -0.05) is 0 Å². The maximum atomic E-state index is 11.4. The topological polar surface area (TPSA) is 219 Å². The summed E-state index contributed by atoms with van der Waals surface area (Å²) in [4.78, 5) is 32.2. The zero-order valence-corrected chi connectivity index (χ0v) is 8.69. The summed E-state index contributed by atoms with van der Waals surface area (Å²) in [6.07, 6.45) is 0. The highest BCUT2D eigenvalue weighted by Crippen LogP contribution is 2.06. The third-order valence-electron chi connectivity index (χ3n) is 1.61. The fourth-order valence-corrected chi connectivity index (χ4v) is 1.04. The van der Waals surface area contributed by atoms with E-state index in [2.05, 4.69) is 19.9 Å². The van der Waals surface area contributed by atoms with Gasteiger partial charge >= 0.3 is 0 Å². The summed E-state index contributed by atoms with van der Waals surface area (Å²) in [5.74, 6) is 10.5. The molecule has 2 aromatic heterocycles. The molecule has 13 heteroatoms. The molecule has 0 radical (unpaired) electrons. The van der Waals surface area contributed by atoms with Crippen LogP contribution in [0.3, 0.4) is 0 Å². The lowest BCUT2D eigenvalue weighted by Crippen LogP contribution is -2.40. The molecule has 9 N–H and O–H groups in total. The van der Waals surface area contributed by atoms with Gasteiger partial charge in [0.2, 0.25) is 5.95 Å². The molecule has 2 rings (SSSR count). The Hall–Kier alpha value is -2.93. The van der Waals surface area contributed by atoms with Crippen molar-refractivity contribution >= 4 is 23.1 Å². The van der Waals surface area contributed by atoms with Crippen molar-refractivity contribution < 1.29 is 10.3 Å². The zero-order chi connectivity index (χ0) is 13.9. The van der Waals surface area contributed by atoms with Crippen LogP contribution < -0.4 is 28.1 Å². The molecule has 0 amide bonds. The van der Waals surface area contributed by atoms with Crippen LogP contribution in [-0.2, 0) is 0 Å². The molecule has 0 aliphatic carbocycles. The van der Waals surface area contributed by atoms with Gasteiger partial charge in [-0.15, -0.1) is 10.1 Å². The number of rotatable bonds is 1. The molecule has 0 aromatic carbocycles. The van der Waals surface area contributed by atoms with Gasteiger partial charge in [0.05, 0.1) is 0 Å². The normalized spacial score (nSPS) is 9.67. The fourth-order valence-electron chi connectivity index (χ4n) is 1.04. The van der Waals surface area contributed by atoms with Crippen LogP contribution in [0.5, 0.6) is 0 Å². The Morgan fingerprint density at radius 1 is 1.33 bits per heavy atom. The summed E-state index contributed by atoms with van der Waals surface area (Å²) < 4.78 is 0. The molecule has 0 spiro atoms. The molecule has 2 aromatic rings. The van der Waals surface area contributed by atoms with Gasteiger partial charge in [-0.05, 0) is 0 Å². The molecule has 0 saturated carbocycles. The lowest BCUT2D eigenvalue weighted by molar-refractivity contribution is -0.742. The van der Waals surface area contributed by atoms with Crippen LogP contribution in [0, 0.1) is 10.1 Å². The third kappa shape index (κ3) is 3.03. The van der Waals surface area contributed by atoms with Crippen molar-refractivity contribution in [2.24, 2.45) is 11.7 Å². The van der Waals surface area contributed by atoms with E-state index in [1.807, 2.05) is 0 Å². The highest BCUT2D eigenvalue weighted by molar-refractivity contribution is 5.72. The molecule has 13 nitrogen and oxygen atoms in total. The number of H-pyrrole nitrogens is 2. The summed E-state index contributed by atoms with van der Waals surface area (Å²) in [7, 11) is 0. The van der Waals surface area contributed by atoms with Crippen LogP contribution in [0.15, 0.2) is 4.79 Å². The van der Waals surface area contributed by atoms with Gasteiger partial charge in [-0.3, -0.25) is 9.78 Å². The van der Waals surface area contributed by atoms with E-state index in [1.165, 1.54) is 0 Å². The van der Waals surface area contributed by atoms with Crippen LogP contribution in [0.25, 0.3) is 11.2 Å². The van der Waals surface area contributed by atoms with Gasteiger partial charge < -0.3 is 15.9 Å². The summed E-state index contributed by atoms with van der Waals surface area (Å²) in [6, 6.07) is 0. The second-order valence-electron chi connectivity index (χ2n) is 2.86. The minimum Gasteiger partial charge on any atom is -0.369 e. The first-order chi connectivity index (χ1) is 8.31. The van der Waals surface area contributed by atoms with E-state index < -0.39 is 10.6 Å². The SMILES string of the molecule is Nc1nc2nc(N(N)N)[nH]c(=O)c2[nH]1.O=[N+]([O-])O. The van der Waals surface area contributed by atoms with Crippen molar-refractivity contribution in [2.45, 2.75) is 0 Å². The minimum atomic E-state index is -1.50. The van der Waals surface area contributed by atoms with Crippen molar-refractivity contribution in [1.82, 2.24) is 19.9 Å². The van der Waals surface area contributed by atoms with Gasteiger partial charge in [0.15, 0.2) is 17.1 Å². The lowest BCUT2D eigenvalue weighted by atomic mass is 10.5. The fraction of sp³-hybridized carbons (Fsp3) is 0. The van der Waals surface area contributed by atoms with Gasteiger partial charge in [0.25, 0.3) is 10.6 Å². The molecule has 0 unspecified atom stereocenters. The van der Waals surface area contributed by atoms with E-state index in [1.54, 1.807) is 0 Å². The Morgan fingerprint density at radius 3 is 2.39 bits per heavy atom. The smallest absolute Gasteiger partial charge is 0.291 e. The molecule has 18 heavy (non-hydrogen) atoms. The maximum Gasteiger partial charge on any atom is 0.291 e. The van der Waals surface area contributed by atoms with E-state index in [0.717, 1.165) is 0 Å². The van der Waals surface area contributed by atoms with Gasteiger partial charge in [0, 0.05) is 0 Å². The number of nitrogens with one attached hydrogen (secondary N) is 2. The number of aromatic nitrogens is 4. The minimum absolute atomic E-state index is 0.00833. The second kappa shape index (κ2) is 4.93. The van der Waals surface area contributed by atoms with Crippen LogP contribution in [0.1, 0.15) is 0 Å². The number of nitrogens with two attached hydrogens (primary N) is 3. The average Bonchev–Trinajstić information content (AvgIpc) is 2.58. The Morgan fingerprint density at radius 2 is 1.89 bits per heavy atom. The van der Waals surface area contributed by atoms with Crippen LogP contribution >= 0.6 is 0 Å². The van der Waals surface area contributed by atoms with E-state index in [4.69, 9.17) is 32.7 Å². The van der Waals surface area contributed by atoms with Crippen LogP contribution in [-0.4, -0.2) is 30.2 Å². The quantitative estimate of drug-likeness (QED) is 0.178. The Kier molecular flexibility index (Phi) is 3.60. The number of hydrogen-bond acceptors (Lipinski definition) is 9. The van der Waals surface area contributed by atoms with E-state index >= 15 is 0 Å². The first-order valence-corrected chi connectivity index (χ1v) is 4.19. The number of imidazole rings is 1. The molecule has 0 bridgehead atoms. The lowest BCUT2D eigenvalue weighted by Gasteiger charge is -2.07. The van der Waals surface area contributed by atoms with Crippen molar-refractivity contribution in [3.8, 4) is 0 Å². The van der Waals surface area contributed by atoms with Crippen molar-refractivity contribution in [1.29, 1.82) is 0 Å². The molecule has 0 aliphatic rings. The highest BCUT2D eigenvalue weighted by Gasteiger charge is 2.09. The largest absolute Gasteiger partial charge is 0.369 e. The van der Waals surface area contributed by atoms with Crippen molar-refractivity contribution in [3.05, 3.63) is 20.5 Å². The highest BCUT2D eigenvalue weighted by atomic mass is 16.9. The molecule has 0 saturated heterocycles. The second-order valence-corrected chi connectivity index (χ2v) is 2.86. The molecular weight excluding hydrogens is 250 g/mol. The molecule has 98 valence electrons. The predicted octanol–water partition coefficient (Wildman–Crippen LogP) is -2.57. The first kappa shape index (κ1) is 13.1. The van der Waals surface area contributed by atoms with E-state index in [9.17, 15) is 4.79 Å². The van der Waals surface area contributed by atoms with Crippen LogP contribution in [0.4, 0.5) is 11.9 Å². The molecule has 2 heterocycles. The molecule has 0 fully saturated rings. The summed E-state index contributed by atoms with van der Waals surface area (Å²) in [5.41, 5.74) is 5.27. The molecular formula is C5H9N9O4. The van der Waals surface area contributed by atoms with Gasteiger partial charge in [-0.25, -0.2) is 16.8 Å². The number of hydrogen-bond donors (Lipinski definition) is 6. The van der Waals surface area contributed by atoms with Crippen molar-refractivity contribution in [3.63, 3.8) is 0 Å². The Balaban J connectivity index is 0.000000357. The standard InChI is InChI=1S/C5H8N8O.HNO3/c6-4-9-1-2(10-4)11-5(13(7)8)12-3(1)14;2-1(3)4/h7-8H2,(H4,6,9,10,11,12,14);(H,2,3,4). The molecule has 0 aliphatic heterocycles. The van der Waals surface area contributed by atoms with E-state index in [-0.39, 0.29) is 23.1 Å². The number of nitrogen functional groups attached to an aromatic ring is 1. The van der Waals surface area contributed by atoms with Gasteiger partial charge in [0.1, 0.15) is 0 Å². The third-order valence-corrected chi connectivity index (χ3v) is 1.61. The summed E-state index contributed by atoms with van der Waals surface area (Å²) in [6.45, 7) is 0. The predicted molar refractivity (Wildman–Crippen MR) is 58.6 cm³/mol. The number of anilines is 2. The monoisotopic (exact) mass is 259 g/mol. The molecule has 0 atom stereocenters. The van der Waals surface area contributed by atoms with Crippen molar-refractivity contribution in [2.75, 3.05) is 10.9 Å². The first-order valence-electron chi connectivity index (χ1n) is 4.19. The maximum absolute atomic E-state index is 11.4. The van der Waals surface area contributed by atoms with Gasteiger partial charge in [-0.2, -0.15) is 9.97 Å². The number of aromatic amines is 2. The Bertz CT molecular complexity index is 611. The van der Waals surface area contributed by atoms with Crippen LogP contribution in [0.2, 0.25) is 0 Å². The summed E-state index contributed by atoms with van der Waals surface area (Å²) >= 11 is 0. The number of nitrogens with zero attached hydrogens (tertiary/aromatic N) is 4. The summed E-state index contributed by atoms with van der Waals surface area (Å²) in [5, 5.41) is 14.3.